The number of hydrogen-bond acceptors (Lipinski definition) is 20. The minimum absolute atomic E-state index is 0.144. The van der Waals surface area contributed by atoms with E-state index in [1.807, 2.05) is 17.1 Å². The second-order valence-corrected chi connectivity index (χ2v) is 18.9. The van der Waals surface area contributed by atoms with Crippen LogP contribution >= 0.6 is 0 Å². The molecular formula is C44H67N5O21S. The molecule has 3 saturated heterocycles. The molecule has 0 aromatic carbocycles. The number of aliphatic hydroxyl groups excluding tert-OH is 3. The summed E-state index contributed by atoms with van der Waals surface area (Å²) in [5.74, 6) is -6.37. The molecule has 5 unspecified atom stereocenters. The Bertz CT molecular complexity index is 2260. The largest absolute Gasteiger partial charge is 0.481 e. The summed E-state index contributed by atoms with van der Waals surface area (Å²) >= 11 is 0. The van der Waals surface area contributed by atoms with Crippen LogP contribution in [0.25, 0.3) is 0 Å². The first-order chi connectivity index (χ1) is 33.5. The highest BCUT2D eigenvalue weighted by Gasteiger charge is 2.58. The van der Waals surface area contributed by atoms with Crippen molar-refractivity contribution in [3.05, 3.63) is 57.4 Å². The van der Waals surface area contributed by atoms with Gasteiger partial charge in [-0.3, -0.25) is 43.0 Å². The molecule has 0 bridgehead atoms. The van der Waals surface area contributed by atoms with Gasteiger partial charge in [0.05, 0.1) is 6.42 Å². The number of nitrogens with zero attached hydrogens (tertiary/aromatic N) is 3. The first-order valence-electron chi connectivity index (χ1n) is 23.3. The second-order valence-electron chi connectivity index (χ2n) is 17.8. The van der Waals surface area contributed by atoms with Gasteiger partial charge in [0.2, 0.25) is 5.91 Å². The summed E-state index contributed by atoms with van der Waals surface area (Å²) in [4.78, 5) is 94.2. The fourth-order valence-corrected chi connectivity index (χ4v) is 9.11. The van der Waals surface area contributed by atoms with Gasteiger partial charge in [-0.25, -0.2) is 13.8 Å². The van der Waals surface area contributed by atoms with Crippen molar-refractivity contribution in [3.63, 3.8) is 0 Å². The third-order valence-electron chi connectivity index (χ3n) is 12.1. The third kappa shape index (κ3) is 16.8. The molecular weight excluding hydrogens is 967 g/mol. The molecule has 26 nitrogen and oxygen atoms in total. The van der Waals surface area contributed by atoms with Crippen molar-refractivity contribution in [2.24, 2.45) is 11.7 Å². The predicted octanol–water partition coefficient (Wildman–Crippen LogP) is -1.03. The standard InChI is InChI=1S/C44H67N5O21S/c1-5-6-7-8-9-10-11-12-13-14-15-16-25(65-30(53)20-24(2)19-29(51)52)21-31(54)66-27-23-47(3)33(40(58)48(4)32(27)42(59)60)37(69-43-39(70-71(62,63)64)34(55)26(22-45)67-43)38-35(56)36(57)41(68-38)49-18-17-28(50)46-44(49)61/h9-10,12-13,17-18,24-27,32-39,41,43,55-57H,5-8,11,14-16,19-23,45H2,1-4H3,(H,51,52)(H,59,60)(H,46,50,61)(H,62,63,64)/b10-9-,13-12-/t24?,25-,26-,27?,32?,33?,34+,35+,36-,37?,38+,39+,41-,43+/m1/s1. The number of H-pyrrole nitrogens is 1. The summed E-state index contributed by atoms with van der Waals surface area (Å²) in [7, 11) is -3.08. The molecule has 27 heteroatoms. The number of ether oxygens (including phenoxy) is 5. The van der Waals surface area contributed by atoms with E-state index in [0.717, 1.165) is 49.9 Å². The van der Waals surface area contributed by atoms with E-state index in [4.69, 9.17) is 29.4 Å². The van der Waals surface area contributed by atoms with Gasteiger partial charge >= 0.3 is 40.0 Å². The lowest BCUT2D eigenvalue weighted by Gasteiger charge is -2.38. The molecule has 14 atom stereocenters. The summed E-state index contributed by atoms with van der Waals surface area (Å²) in [6.07, 6.45) is -6.26. The van der Waals surface area contributed by atoms with Gasteiger partial charge in [-0.05, 0) is 51.5 Å². The first-order valence-corrected chi connectivity index (χ1v) is 24.6. The summed E-state index contributed by atoms with van der Waals surface area (Å²) in [6, 6.07) is -2.91. The lowest BCUT2D eigenvalue weighted by atomic mass is 9.97. The number of aliphatic hydroxyl groups is 3. The number of amides is 1. The van der Waals surface area contributed by atoms with Crippen LogP contribution in [-0.4, -0.2) is 188 Å². The van der Waals surface area contributed by atoms with E-state index in [-0.39, 0.29) is 19.3 Å². The van der Waals surface area contributed by atoms with Crippen molar-refractivity contribution < 1.29 is 90.3 Å². The van der Waals surface area contributed by atoms with Crippen LogP contribution in [0.3, 0.4) is 0 Å². The van der Waals surface area contributed by atoms with Crippen molar-refractivity contribution in [1.82, 2.24) is 19.4 Å². The molecule has 3 aliphatic heterocycles. The quantitative estimate of drug-likeness (QED) is 0.0226. The van der Waals surface area contributed by atoms with Gasteiger partial charge in [0.25, 0.3) is 5.56 Å². The molecule has 4 heterocycles. The van der Waals surface area contributed by atoms with Crippen LogP contribution in [0.1, 0.15) is 90.7 Å². The molecule has 0 spiro atoms. The monoisotopic (exact) mass is 1030 g/mol. The summed E-state index contributed by atoms with van der Waals surface area (Å²) in [5, 5.41) is 53.4. The second kappa shape index (κ2) is 27.2. The van der Waals surface area contributed by atoms with Gasteiger partial charge in [-0.2, -0.15) is 8.42 Å². The van der Waals surface area contributed by atoms with Crippen LogP contribution in [0, 0.1) is 5.92 Å². The van der Waals surface area contributed by atoms with Crippen molar-refractivity contribution in [2.45, 2.75) is 164 Å². The Morgan fingerprint density at radius 1 is 0.930 bits per heavy atom. The van der Waals surface area contributed by atoms with Crippen LogP contribution in [0.5, 0.6) is 0 Å². The molecule has 3 fully saturated rings. The average molecular weight is 1030 g/mol. The third-order valence-corrected chi connectivity index (χ3v) is 12.6. The van der Waals surface area contributed by atoms with Gasteiger partial charge in [-0.15, -0.1) is 0 Å². The van der Waals surface area contributed by atoms with Crippen molar-refractivity contribution >= 4 is 40.2 Å². The van der Waals surface area contributed by atoms with Crippen LogP contribution in [0.2, 0.25) is 0 Å². The zero-order valence-electron chi connectivity index (χ0n) is 39.9. The van der Waals surface area contributed by atoms with E-state index in [2.05, 4.69) is 23.3 Å². The molecule has 400 valence electrons. The zero-order chi connectivity index (χ0) is 52.7. The molecule has 0 saturated carbocycles. The summed E-state index contributed by atoms with van der Waals surface area (Å²) < 4.78 is 67.9. The number of aromatic nitrogens is 2. The molecule has 0 aliphatic carbocycles. The highest BCUT2D eigenvalue weighted by molar-refractivity contribution is 7.80. The van der Waals surface area contributed by atoms with Crippen molar-refractivity contribution in [1.29, 1.82) is 0 Å². The minimum Gasteiger partial charge on any atom is -0.481 e. The molecule has 9 N–H and O–H groups in total. The number of carbonyl (C=O) groups is 5. The number of esters is 2. The Labute approximate surface area is 409 Å². The molecule has 0 radical (unpaired) electrons. The van der Waals surface area contributed by atoms with Gasteiger partial charge in [-0.1, -0.05) is 51.0 Å². The van der Waals surface area contributed by atoms with Gasteiger partial charge in [0, 0.05) is 45.2 Å². The Morgan fingerprint density at radius 3 is 2.21 bits per heavy atom. The van der Waals surface area contributed by atoms with Gasteiger partial charge in [0.15, 0.2) is 24.7 Å². The fourth-order valence-electron chi connectivity index (χ4n) is 8.63. The number of nitrogens with two attached hydrogens (primary N) is 1. The van der Waals surface area contributed by atoms with E-state index in [0.29, 0.717) is 28.7 Å². The van der Waals surface area contributed by atoms with E-state index in [1.165, 1.54) is 14.0 Å². The van der Waals surface area contributed by atoms with E-state index >= 15 is 0 Å². The van der Waals surface area contributed by atoms with Crippen LogP contribution in [0.4, 0.5) is 0 Å². The fraction of sp³-hybridized carbons (Fsp3) is 0.705. The zero-order valence-corrected chi connectivity index (χ0v) is 40.7. The van der Waals surface area contributed by atoms with Crippen LogP contribution in [-0.2, 0) is 62.2 Å². The van der Waals surface area contributed by atoms with E-state index < -0.39 is 156 Å². The minimum atomic E-state index is -5.37. The molecule has 1 aromatic rings. The number of rotatable bonds is 27. The smallest absolute Gasteiger partial charge is 0.397 e. The van der Waals surface area contributed by atoms with Crippen LogP contribution < -0.4 is 17.0 Å². The maximum absolute atomic E-state index is 14.7. The predicted molar refractivity (Wildman–Crippen MR) is 244 cm³/mol. The Hall–Kier alpha value is -4.94. The Morgan fingerprint density at radius 2 is 1.61 bits per heavy atom. The topological polar surface area (TPSA) is 384 Å². The number of aromatic amines is 1. The first kappa shape index (κ1) is 58.6. The van der Waals surface area contributed by atoms with Crippen molar-refractivity contribution in [3.8, 4) is 0 Å². The average Bonchev–Trinajstić information content (AvgIpc) is 3.69. The summed E-state index contributed by atoms with van der Waals surface area (Å²) in [5.41, 5.74) is 3.78. The maximum Gasteiger partial charge on any atom is 0.397 e. The number of nitrogens with one attached hydrogen (secondary N) is 1. The number of carboxylic acids is 2. The lowest BCUT2D eigenvalue weighted by Crippen LogP contribution is -2.60. The maximum atomic E-state index is 14.7. The highest BCUT2D eigenvalue weighted by atomic mass is 32.3. The molecule has 1 amide bonds. The van der Waals surface area contributed by atoms with Gasteiger partial charge < -0.3 is 59.9 Å². The number of unbranched alkanes of at least 4 members (excludes halogenated alkanes) is 4. The number of allylic oxidation sites excluding steroid dienone is 4. The van der Waals surface area contributed by atoms with Crippen LogP contribution in [0.15, 0.2) is 46.2 Å². The number of likely N-dealkylation sites (N-methyl/N-ethyl adjacent to an activating group) is 2. The van der Waals surface area contributed by atoms with Gasteiger partial charge in [0.1, 0.15) is 54.9 Å². The number of hydrogen-bond donors (Lipinski definition) is 8. The number of aliphatic carboxylic acids is 2. The lowest BCUT2D eigenvalue weighted by molar-refractivity contribution is -0.230. The number of carbonyl (C=O) groups excluding carboxylic acids is 3. The van der Waals surface area contributed by atoms with E-state index in [9.17, 15) is 72.1 Å². The van der Waals surface area contributed by atoms with E-state index in [1.54, 1.807) is 0 Å². The highest BCUT2D eigenvalue weighted by Crippen LogP contribution is 2.37. The Kier molecular flexibility index (Phi) is 22.5. The Balaban J connectivity index is 1.64. The molecule has 71 heavy (non-hydrogen) atoms. The van der Waals surface area contributed by atoms with Crippen molar-refractivity contribution in [2.75, 3.05) is 27.2 Å². The molecule has 1 aromatic heterocycles. The molecule has 4 rings (SSSR count). The SMILES string of the molecule is CCCCC/C=C\C/C=C\CCC[C@H](CC(=O)OC1CN(C)C(C(O[C@@H]2O[C@H](CN)[C@H](O)[C@@H]2OS(=O)(=O)O)[C@H]2O[C@@H](n3ccc(=O)[nH]c3=O)[C@H](O)[C@@H]2O)C(=O)N(C)C1C(=O)O)OC(=O)CC(C)CC(=O)O. The normalized spacial score (nSPS) is 28.8. The number of carboxylic acid groups (broad SMARTS) is 2. The molecule has 3 aliphatic rings. The summed E-state index contributed by atoms with van der Waals surface area (Å²) in [6.45, 7) is 2.57.